The van der Waals surface area contributed by atoms with Gasteiger partial charge in [0.1, 0.15) is 4.90 Å². The van der Waals surface area contributed by atoms with Crippen LogP contribution in [0.5, 0.6) is 0 Å². The second-order valence-corrected chi connectivity index (χ2v) is 8.40. The lowest BCUT2D eigenvalue weighted by molar-refractivity contribution is -0.119. The Hall–Kier alpha value is -2.09. The summed E-state index contributed by atoms with van der Waals surface area (Å²) in [5.41, 5.74) is 2.72. The van der Waals surface area contributed by atoms with Gasteiger partial charge in [0.15, 0.2) is 0 Å². The lowest BCUT2D eigenvalue weighted by atomic mass is 10.0. The van der Waals surface area contributed by atoms with Gasteiger partial charge in [-0.3, -0.25) is 9.52 Å². The summed E-state index contributed by atoms with van der Waals surface area (Å²) in [5, 5.41) is 0.178. The van der Waals surface area contributed by atoms with Crippen molar-refractivity contribution in [3.63, 3.8) is 0 Å². The van der Waals surface area contributed by atoms with E-state index in [0.717, 1.165) is 11.3 Å². The Bertz CT molecular complexity index is 955. The number of carbonyl (C=O) groups is 1. The molecule has 2 aromatic carbocycles. The van der Waals surface area contributed by atoms with Crippen LogP contribution in [-0.4, -0.2) is 34.6 Å². The Morgan fingerprint density at radius 2 is 2.00 bits per heavy atom. The number of halogens is 1. The fourth-order valence-corrected chi connectivity index (χ4v) is 5.10. The molecule has 0 unspecified atom stereocenters. The highest BCUT2D eigenvalue weighted by Crippen LogP contribution is 2.32. The molecule has 0 radical (unpaired) electrons. The molecule has 2 aromatic rings. The minimum atomic E-state index is -3.82. The van der Waals surface area contributed by atoms with E-state index in [9.17, 15) is 13.2 Å². The van der Waals surface area contributed by atoms with Crippen LogP contribution in [-0.2, 0) is 26.0 Å². The van der Waals surface area contributed by atoms with Crippen LogP contribution in [0.2, 0.25) is 5.02 Å². The number of carbonyl (C=O) groups excluding carboxylic acids is 1. The van der Waals surface area contributed by atoms with Gasteiger partial charge >= 0.3 is 0 Å². The van der Waals surface area contributed by atoms with E-state index in [4.69, 9.17) is 16.3 Å². The summed E-state index contributed by atoms with van der Waals surface area (Å²) >= 11 is 6.10. The molecule has 1 amide bonds. The quantitative estimate of drug-likeness (QED) is 0.795. The smallest absolute Gasteiger partial charge is 0.263 e. The highest BCUT2D eigenvalue weighted by atomic mass is 35.5. The van der Waals surface area contributed by atoms with Crippen molar-refractivity contribution in [2.75, 3.05) is 29.9 Å². The van der Waals surface area contributed by atoms with Crippen molar-refractivity contribution >= 4 is 38.9 Å². The van der Waals surface area contributed by atoms with Crippen LogP contribution < -0.4 is 9.62 Å². The number of ether oxygens (including phenoxy) is 1. The molecule has 27 heavy (non-hydrogen) atoms. The van der Waals surface area contributed by atoms with E-state index in [0.29, 0.717) is 37.2 Å². The molecule has 0 spiro atoms. The Labute approximate surface area is 164 Å². The number of sulfonamides is 1. The number of aryl methyl sites for hydroxylation is 2. The molecule has 144 valence electrons. The van der Waals surface area contributed by atoms with Gasteiger partial charge in [0, 0.05) is 31.5 Å². The number of benzene rings is 2. The van der Waals surface area contributed by atoms with Gasteiger partial charge in [-0.2, -0.15) is 0 Å². The van der Waals surface area contributed by atoms with E-state index in [1.165, 1.54) is 0 Å². The lowest BCUT2D eigenvalue weighted by Crippen LogP contribution is -2.37. The second-order valence-electron chi connectivity index (χ2n) is 6.37. The molecule has 0 fully saturated rings. The fourth-order valence-electron chi connectivity index (χ4n) is 3.21. The van der Waals surface area contributed by atoms with Crippen molar-refractivity contribution in [3.05, 3.63) is 52.5 Å². The predicted octanol–water partition coefficient (Wildman–Crippen LogP) is 3.37. The monoisotopic (exact) mass is 408 g/mol. The summed E-state index contributed by atoms with van der Waals surface area (Å²) in [5.74, 6) is 0.0413. The largest absolute Gasteiger partial charge is 0.383 e. The average Bonchev–Trinajstić information content (AvgIpc) is 2.60. The fraction of sp³-hybridized carbons (Fsp3) is 0.316. The maximum absolute atomic E-state index is 12.8. The number of rotatable bonds is 6. The van der Waals surface area contributed by atoms with Crippen molar-refractivity contribution in [1.82, 2.24) is 0 Å². The number of hydrogen-bond donors (Lipinski definition) is 1. The molecule has 1 aliphatic rings. The minimum Gasteiger partial charge on any atom is -0.383 e. The third-order valence-electron chi connectivity index (χ3n) is 4.48. The Balaban J connectivity index is 1.90. The maximum atomic E-state index is 12.8. The first kappa shape index (κ1) is 19.7. The molecule has 0 aliphatic carbocycles. The van der Waals surface area contributed by atoms with Crippen LogP contribution in [0, 0.1) is 6.92 Å². The number of anilines is 2. The van der Waals surface area contributed by atoms with E-state index in [2.05, 4.69) is 4.72 Å². The summed E-state index contributed by atoms with van der Waals surface area (Å²) in [6.07, 6.45) is 0.953. The van der Waals surface area contributed by atoms with Crippen LogP contribution in [0.15, 0.2) is 41.3 Å². The van der Waals surface area contributed by atoms with Gasteiger partial charge < -0.3 is 9.64 Å². The molecular weight excluding hydrogens is 388 g/mol. The second kappa shape index (κ2) is 7.88. The van der Waals surface area contributed by atoms with Gasteiger partial charge in [-0.15, -0.1) is 0 Å². The molecule has 3 rings (SSSR count). The zero-order valence-corrected chi connectivity index (χ0v) is 16.7. The van der Waals surface area contributed by atoms with E-state index in [1.54, 1.807) is 55.3 Å². The first-order chi connectivity index (χ1) is 12.8. The molecule has 0 saturated carbocycles. The van der Waals surface area contributed by atoms with Crippen LogP contribution in [0.25, 0.3) is 0 Å². The lowest BCUT2D eigenvalue weighted by Gasteiger charge is -2.29. The predicted molar refractivity (Wildman–Crippen MR) is 106 cm³/mol. The highest BCUT2D eigenvalue weighted by molar-refractivity contribution is 7.92. The normalized spacial score (nSPS) is 14.2. The van der Waals surface area contributed by atoms with Gasteiger partial charge in [0.25, 0.3) is 10.0 Å². The van der Waals surface area contributed by atoms with Gasteiger partial charge in [-0.05, 0) is 48.7 Å². The van der Waals surface area contributed by atoms with Crippen LogP contribution in [0.1, 0.15) is 17.5 Å². The zero-order valence-electron chi connectivity index (χ0n) is 15.2. The van der Waals surface area contributed by atoms with E-state index in [-0.39, 0.29) is 15.8 Å². The number of nitrogens with zero attached hydrogens (tertiary/aromatic N) is 1. The Kier molecular flexibility index (Phi) is 5.74. The molecule has 0 atom stereocenters. The average molecular weight is 409 g/mol. The summed E-state index contributed by atoms with van der Waals surface area (Å²) in [6.45, 7) is 2.60. The molecule has 0 bridgehead atoms. The number of hydrogen-bond acceptors (Lipinski definition) is 4. The van der Waals surface area contributed by atoms with Crippen LogP contribution in [0.3, 0.4) is 0 Å². The summed E-state index contributed by atoms with van der Waals surface area (Å²) in [4.78, 5) is 13.9. The van der Waals surface area contributed by atoms with Crippen molar-refractivity contribution < 1.29 is 17.9 Å². The number of methoxy groups -OCH3 is 1. The topological polar surface area (TPSA) is 75.7 Å². The Morgan fingerprint density at radius 1 is 1.22 bits per heavy atom. The van der Waals surface area contributed by atoms with Crippen molar-refractivity contribution in [2.45, 2.75) is 24.7 Å². The van der Waals surface area contributed by atoms with Crippen molar-refractivity contribution in [1.29, 1.82) is 0 Å². The molecule has 0 aromatic heterocycles. The SMILES string of the molecule is COCCN1C(=O)CCc2cc(NS(=O)(=O)c3c(C)cccc3Cl)ccc21. The van der Waals surface area contributed by atoms with Gasteiger partial charge in [0.05, 0.1) is 11.6 Å². The summed E-state index contributed by atoms with van der Waals surface area (Å²) in [7, 11) is -2.23. The number of amides is 1. The van der Waals surface area contributed by atoms with Gasteiger partial charge in [-0.25, -0.2) is 8.42 Å². The number of fused-ring (bicyclic) bond motifs is 1. The van der Waals surface area contributed by atoms with E-state index in [1.807, 2.05) is 0 Å². The highest BCUT2D eigenvalue weighted by Gasteiger charge is 2.25. The molecule has 0 saturated heterocycles. The third kappa shape index (κ3) is 4.10. The van der Waals surface area contributed by atoms with Gasteiger partial charge in [0.2, 0.25) is 5.91 Å². The first-order valence-electron chi connectivity index (χ1n) is 8.53. The maximum Gasteiger partial charge on any atom is 0.263 e. The third-order valence-corrected chi connectivity index (χ3v) is 6.49. The molecule has 8 heteroatoms. The van der Waals surface area contributed by atoms with Crippen molar-refractivity contribution in [3.8, 4) is 0 Å². The minimum absolute atomic E-state index is 0.0413. The molecule has 1 aliphatic heterocycles. The Morgan fingerprint density at radius 3 is 2.70 bits per heavy atom. The van der Waals surface area contributed by atoms with E-state index >= 15 is 0 Å². The standard InChI is InChI=1S/C19H21ClN2O4S/c1-13-4-3-5-16(20)19(13)27(24,25)21-15-7-8-17-14(12-15)6-9-18(23)22(17)10-11-26-2/h3-5,7-8,12,21H,6,9-11H2,1-2H3. The number of nitrogens with one attached hydrogen (secondary N) is 1. The summed E-state index contributed by atoms with van der Waals surface area (Å²) in [6, 6.07) is 10.1. The van der Waals surface area contributed by atoms with Crippen molar-refractivity contribution in [2.24, 2.45) is 0 Å². The van der Waals surface area contributed by atoms with E-state index < -0.39 is 10.0 Å². The molecule has 6 nitrogen and oxygen atoms in total. The van der Waals surface area contributed by atoms with Crippen LogP contribution >= 0.6 is 11.6 Å². The summed E-state index contributed by atoms with van der Waals surface area (Å²) < 4.78 is 33.3. The molecular formula is C19H21ClN2O4S. The zero-order chi connectivity index (χ0) is 19.6. The first-order valence-corrected chi connectivity index (χ1v) is 10.4. The van der Waals surface area contributed by atoms with Gasteiger partial charge in [-0.1, -0.05) is 23.7 Å². The molecule has 1 N–H and O–H groups in total. The molecule has 1 heterocycles. The van der Waals surface area contributed by atoms with Crippen LogP contribution in [0.4, 0.5) is 11.4 Å².